The summed E-state index contributed by atoms with van der Waals surface area (Å²) in [5.74, 6) is 1.23. The third kappa shape index (κ3) is 4.11. The van der Waals surface area contributed by atoms with Crippen LogP contribution in [0.15, 0.2) is 41.5 Å². The molecule has 0 unspecified atom stereocenters. The Kier molecular flexibility index (Phi) is 5.85. The first-order valence-electron chi connectivity index (χ1n) is 12.1. The normalized spacial score (nSPS) is 18.8. The Morgan fingerprint density at radius 2 is 2.16 bits per heavy atom. The van der Waals surface area contributed by atoms with Crippen LogP contribution in [-0.2, 0) is 22.6 Å². The van der Waals surface area contributed by atoms with Gasteiger partial charge in [0.1, 0.15) is 22.9 Å². The maximum atomic E-state index is 13.3. The summed E-state index contributed by atoms with van der Waals surface area (Å²) >= 11 is 0. The highest BCUT2D eigenvalue weighted by Crippen LogP contribution is 2.25. The molecule has 3 N–H and O–H groups in total. The SMILES string of the molecule is CNc1cc(Nc2cccn(-c3cc4n(n3)CCOC4)c2=O)nc2c(C(=O)N[C@@H]3CC[C@H]3OC)cnn12. The van der Waals surface area contributed by atoms with Gasteiger partial charge in [-0.15, -0.1) is 0 Å². The van der Waals surface area contributed by atoms with E-state index in [1.54, 1.807) is 43.1 Å². The lowest BCUT2D eigenvalue weighted by Gasteiger charge is -2.35. The lowest BCUT2D eigenvalue weighted by Crippen LogP contribution is -2.51. The molecule has 1 aliphatic carbocycles. The van der Waals surface area contributed by atoms with E-state index in [1.807, 2.05) is 10.7 Å². The van der Waals surface area contributed by atoms with Crippen LogP contribution in [0.2, 0.25) is 0 Å². The average Bonchev–Trinajstić information content (AvgIpc) is 3.52. The van der Waals surface area contributed by atoms with E-state index < -0.39 is 0 Å². The van der Waals surface area contributed by atoms with Crippen molar-refractivity contribution in [1.29, 1.82) is 0 Å². The van der Waals surface area contributed by atoms with Crippen molar-refractivity contribution in [2.75, 3.05) is 31.4 Å². The predicted octanol–water partition coefficient (Wildman–Crippen LogP) is 1.30. The monoisotopic (exact) mass is 505 g/mol. The summed E-state index contributed by atoms with van der Waals surface area (Å²) in [5, 5.41) is 18.1. The highest BCUT2D eigenvalue weighted by molar-refractivity contribution is 6.00. The number of anilines is 3. The number of fused-ring (bicyclic) bond motifs is 2. The van der Waals surface area contributed by atoms with Gasteiger partial charge in [-0.2, -0.15) is 14.7 Å². The standard InChI is InChI=1S/C24H27N9O4/c1-25-20-11-19(29-22-15(12-26-33(20)22)23(34)28-16-5-6-18(16)36-2)27-17-4-3-7-31(24(17)35)21-10-14-13-37-9-8-32(14)30-21/h3-4,7,10-12,16,18,25H,5-6,8-9,13H2,1-2H3,(H,27,29)(H,28,34)/t16-,18-/m1/s1. The summed E-state index contributed by atoms with van der Waals surface area (Å²) in [4.78, 5) is 31.0. The molecule has 0 spiro atoms. The van der Waals surface area contributed by atoms with Gasteiger partial charge in [0, 0.05) is 32.5 Å². The summed E-state index contributed by atoms with van der Waals surface area (Å²) in [6, 6.07) is 6.96. The molecule has 1 aliphatic heterocycles. The summed E-state index contributed by atoms with van der Waals surface area (Å²) in [5.41, 5.74) is 1.64. The van der Waals surface area contributed by atoms with Gasteiger partial charge in [0.05, 0.1) is 43.8 Å². The summed E-state index contributed by atoms with van der Waals surface area (Å²) < 4.78 is 15.8. The molecule has 2 atom stereocenters. The minimum atomic E-state index is -0.284. The second kappa shape index (κ2) is 9.33. The van der Waals surface area contributed by atoms with E-state index in [2.05, 4.69) is 31.1 Å². The number of ether oxygens (including phenoxy) is 2. The molecule has 1 saturated carbocycles. The number of carbonyl (C=O) groups excluding carboxylic acids is 1. The van der Waals surface area contributed by atoms with Crippen molar-refractivity contribution >= 4 is 28.9 Å². The van der Waals surface area contributed by atoms with Gasteiger partial charge in [-0.25, -0.2) is 4.98 Å². The Morgan fingerprint density at radius 1 is 1.27 bits per heavy atom. The molecule has 1 fully saturated rings. The lowest BCUT2D eigenvalue weighted by molar-refractivity contribution is 0.00732. The molecule has 5 heterocycles. The molecule has 192 valence electrons. The van der Waals surface area contributed by atoms with Crippen LogP contribution in [0, 0.1) is 0 Å². The first kappa shape index (κ1) is 23.2. The number of hydrogen-bond donors (Lipinski definition) is 3. The van der Waals surface area contributed by atoms with Crippen molar-refractivity contribution in [3.8, 4) is 5.82 Å². The number of methoxy groups -OCH3 is 1. The topological polar surface area (TPSA) is 142 Å². The van der Waals surface area contributed by atoms with Gasteiger partial charge in [-0.3, -0.25) is 18.8 Å². The third-order valence-corrected chi connectivity index (χ3v) is 6.81. The van der Waals surface area contributed by atoms with Gasteiger partial charge in [-0.1, -0.05) is 0 Å². The summed E-state index contributed by atoms with van der Waals surface area (Å²) in [6.45, 7) is 1.70. The van der Waals surface area contributed by atoms with Crippen LogP contribution in [0.4, 0.5) is 17.3 Å². The largest absolute Gasteiger partial charge is 0.379 e. The number of amides is 1. The van der Waals surface area contributed by atoms with Gasteiger partial charge in [-0.05, 0) is 25.0 Å². The smallest absolute Gasteiger partial charge is 0.280 e. The molecule has 2 aliphatic rings. The molecule has 4 aromatic heterocycles. The quantitative estimate of drug-likeness (QED) is 0.339. The van der Waals surface area contributed by atoms with Crippen LogP contribution < -0.4 is 21.5 Å². The van der Waals surface area contributed by atoms with Gasteiger partial charge < -0.3 is 25.4 Å². The molecule has 0 saturated heterocycles. The van der Waals surface area contributed by atoms with Crippen LogP contribution in [0.1, 0.15) is 28.9 Å². The highest BCUT2D eigenvalue weighted by atomic mass is 16.5. The number of nitrogens with zero attached hydrogens (tertiary/aromatic N) is 6. The molecular weight excluding hydrogens is 478 g/mol. The molecule has 4 aromatic rings. The van der Waals surface area contributed by atoms with Gasteiger partial charge in [0.25, 0.3) is 11.5 Å². The average molecular weight is 506 g/mol. The second-order valence-corrected chi connectivity index (χ2v) is 8.99. The van der Waals surface area contributed by atoms with E-state index in [9.17, 15) is 9.59 Å². The number of carbonyl (C=O) groups is 1. The van der Waals surface area contributed by atoms with Crippen LogP contribution in [0.5, 0.6) is 0 Å². The predicted molar refractivity (Wildman–Crippen MR) is 135 cm³/mol. The van der Waals surface area contributed by atoms with Crippen molar-refractivity contribution in [3.05, 3.63) is 58.3 Å². The van der Waals surface area contributed by atoms with Crippen molar-refractivity contribution in [1.82, 2.24) is 34.3 Å². The first-order chi connectivity index (χ1) is 18.1. The Balaban J connectivity index is 1.32. The van der Waals surface area contributed by atoms with Crippen LogP contribution in [0.3, 0.4) is 0 Å². The van der Waals surface area contributed by atoms with E-state index in [0.717, 1.165) is 18.5 Å². The molecule has 1 amide bonds. The lowest BCUT2D eigenvalue weighted by atomic mass is 9.89. The zero-order valence-electron chi connectivity index (χ0n) is 20.5. The van der Waals surface area contributed by atoms with Crippen molar-refractivity contribution in [2.24, 2.45) is 0 Å². The van der Waals surface area contributed by atoms with Crippen molar-refractivity contribution < 1.29 is 14.3 Å². The zero-order chi connectivity index (χ0) is 25.5. The number of hydrogen-bond acceptors (Lipinski definition) is 9. The molecule has 6 rings (SSSR count). The summed E-state index contributed by atoms with van der Waals surface area (Å²) in [6.07, 6.45) is 4.94. The first-order valence-corrected chi connectivity index (χ1v) is 12.1. The van der Waals surface area contributed by atoms with E-state index >= 15 is 0 Å². The minimum absolute atomic E-state index is 0.0116. The van der Waals surface area contributed by atoms with Crippen LogP contribution in [-0.4, -0.2) is 67.8 Å². The third-order valence-electron chi connectivity index (χ3n) is 6.81. The highest BCUT2D eigenvalue weighted by Gasteiger charge is 2.33. The molecule has 13 heteroatoms. The Hall–Kier alpha value is -4.23. The maximum Gasteiger partial charge on any atom is 0.280 e. The van der Waals surface area contributed by atoms with Crippen LogP contribution >= 0.6 is 0 Å². The second-order valence-electron chi connectivity index (χ2n) is 8.99. The molecule has 0 radical (unpaired) electrons. The van der Waals surface area contributed by atoms with E-state index in [4.69, 9.17) is 9.47 Å². The van der Waals surface area contributed by atoms with Gasteiger partial charge in [0.2, 0.25) is 0 Å². The van der Waals surface area contributed by atoms with Crippen LogP contribution in [0.25, 0.3) is 11.5 Å². The van der Waals surface area contributed by atoms with Gasteiger partial charge >= 0.3 is 0 Å². The van der Waals surface area contributed by atoms with E-state index in [1.165, 1.54) is 10.8 Å². The molecule has 0 aromatic carbocycles. The van der Waals surface area contributed by atoms with E-state index in [0.29, 0.717) is 54.1 Å². The summed E-state index contributed by atoms with van der Waals surface area (Å²) in [7, 11) is 3.39. The minimum Gasteiger partial charge on any atom is -0.379 e. The zero-order valence-corrected chi connectivity index (χ0v) is 20.5. The fourth-order valence-electron chi connectivity index (χ4n) is 4.63. The molecule has 0 bridgehead atoms. The number of nitrogens with one attached hydrogen (secondary N) is 3. The van der Waals surface area contributed by atoms with Gasteiger partial charge in [0.15, 0.2) is 11.5 Å². The number of pyridine rings is 1. The number of aromatic nitrogens is 6. The van der Waals surface area contributed by atoms with Crippen molar-refractivity contribution in [2.45, 2.75) is 38.1 Å². The fourth-order valence-corrected chi connectivity index (χ4v) is 4.63. The molecule has 37 heavy (non-hydrogen) atoms. The number of rotatable bonds is 7. The van der Waals surface area contributed by atoms with Crippen molar-refractivity contribution in [3.63, 3.8) is 0 Å². The Bertz CT molecular complexity index is 1510. The maximum absolute atomic E-state index is 13.3. The Labute approximate surface area is 211 Å². The fraction of sp³-hybridized carbons (Fsp3) is 0.375. The molecular formula is C24H27N9O4. The Morgan fingerprint density at radius 3 is 2.92 bits per heavy atom. The molecule has 13 nitrogen and oxygen atoms in total. The van der Waals surface area contributed by atoms with E-state index in [-0.39, 0.29) is 23.6 Å².